The minimum atomic E-state index is -1.03. The molecule has 0 radical (unpaired) electrons. The second-order valence-corrected chi connectivity index (χ2v) is 5.71. The molecule has 4 heteroatoms. The van der Waals surface area contributed by atoms with Gasteiger partial charge in [-0.2, -0.15) is 0 Å². The van der Waals surface area contributed by atoms with Crippen molar-refractivity contribution in [3.63, 3.8) is 0 Å². The van der Waals surface area contributed by atoms with Gasteiger partial charge in [-0.3, -0.25) is 4.79 Å². The van der Waals surface area contributed by atoms with E-state index >= 15 is 0 Å². The summed E-state index contributed by atoms with van der Waals surface area (Å²) in [6.45, 7) is 1.80. The Morgan fingerprint density at radius 1 is 1.44 bits per heavy atom. The molecule has 86 valence electrons. The van der Waals surface area contributed by atoms with Crippen LogP contribution in [0.3, 0.4) is 0 Å². The monoisotopic (exact) mass is 242 g/mol. The second kappa shape index (κ2) is 4.17. The van der Waals surface area contributed by atoms with Gasteiger partial charge < -0.3 is 0 Å². The molecule has 1 nitrogen and oxygen atoms in total. The summed E-state index contributed by atoms with van der Waals surface area (Å²) in [6.07, 6.45) is 1.68. The maximum atomic E-state index is 13.5. The molecule has 0 amide bonds. The number of carbonyl (C=O) groups excluding carboxylic acids is 1. The van der Waals surface area contributed by atoms with Gasteiger partial charge in [-0.15, -0.1) is 11.8 Å². The number of Topliss-reactive ketones (excluding diaryl/α,β-unsaturated/α-hetero) is 1. The van der Waals surface area contributed by atoms with E-state index in [4.69, 9.17) is 0 Å². The van der Waals surface area contributed by atoms with Crippen molar-refractivity contribution in [1.29, 1.82) is 0 Å². The molecule has 1 aromatic carbocycles. The first-order chi connectivity index (χ1) is 7.54. The number of carbonyl (C=O) groups is 1. The van der Waals surface area contributed by atoms with Crippen molar-refractivity contribution in [2.75, 3.05) is 5.75 Å². The topological polar surface area (TPSA) is 17.1 Å². The first-order valence-electron chi connectivity index (χ1n) is 5.17. The van der Waals surface area contributed by atoms with Gasteiger partial charge in [0.15, 0.2) is 17.4 Å². The summed E-state index contributed by atoms with van der Waals surface area (Å²) >= 11 is 1.52. The van der Waals surface area contributed by atoms with Crippen molar-refractivity contribution in [1.82, 2.24) is 0 Å². The summed E-state index contributed by atoms with van der Waals surface area (Å²) in [6, 6.07) is 3.75. The molecule has 1 atom stereocenters. The van der Waals surface area contributed by atoms with Gasteiger partial charge in [0.2, 0.25) is 0 Å². The molecule has 1 unspecified atom stereocenters. The molecule has 0 bridgehead atoms. The Bertz CT molecular complexity index is 425. The highest BCUT2D eigenvalue weighted by molar-refractivity contribution is 8.01. The van der Waals surface area contributed by atoms with Crippen LogP contribution in [-0.2, 0) is 0 Å². The number of hydrogen-bond donors (Lipinski definition) is 0. The van der Waals surface area contributed by atoms with Gasteiger partial charge in [-0.25, -0.2) is 8.78 Å². The molecule has 0 N–H and O–H groups in total. The number of halogens is 2. The van der Waals surface area contributed by atoms with Crippen LogP contribution >= 0.6 is 11.8 Å². The first-order valence-corrected chi connectivity index (χ1v) is 6.16. The third-order valence-corrected chi connectivity index (χ3v) is 4.41. The third-order valence-electron chi connectivity index (χ3n) is 2.90. The number of rotatable bonds is 2. The molecule has 16 heavy (non-hydrogen) atoms. The molecule has 2 rings (SSSR count). The highest BCUT2D eigenvalue weighted by Crippen LogP contribution is 2.40. The highest BCUT2D eigenvalue weighted by atomic mass is 32.2. The summed E-state index contributed by atoms with van der Waals surface area (Å²) in [5, 5.41) is 0. The van der Waals surface area contributed by atoms with Crippen LogP contribution in [0.1, 0.15) is 30.1 Å². The maximum Gasteiger partial charge on any atom is 0.181 e. The van der Waals surface area contributed by atoms with Crippen molar-refractivity contribution in [2.45, 2.75) is 24.5 Å². The molecule has 0 spiro atoms. The third kappa shape index (κ3) is 1.86. The molecule has 1 aliphatic heterocycles. The largest absolute Gasteiger partial charge is 0.292 e. The van der Waals surface area contributed by atoms with E-state index in [0.717, 1.165) is 24.7 Å². The van der Waals surface area contributed by atoms with Crippen LogP contribution < -0.4 is 0 Å². The number of ketones is 1. The Morgan fingerprint density at radius 3 is 2.81 bits per heavy atom. The lowest BCUT2D eigenvalue weighted by Gasteiger charge is -2.21. The quantitative estimate of drug-likeness (QED) is 0.739. The summed E-state index contributed by atoms with van der Waals surface area (Å²) in [5.74, 6) is -1.38. The van der Waals surface area contributed by atoms with Crippen LogP contribution in [-0.4, -0.2) is 16.3 Å². The van der Waals surface area contributed by atoms with Crippen molar-refractivity contribution in [3.8, 4) is 0 Å². The predicted octanol–water partition coefficient (Wildman–Crippen LogP) is 3.43. The van der Waals surface area contributed by atoms with Crippen LogP contribution in [0.4, 0.5) is 8.78 Å². The Labute approximate surface area is 97.2 Å². The van der Waals surface area contributed by atoms with Crippen molar-refractivity contribution < 1.29 is 13.6 Å². The Morgan fingerprint density at radius 2 is 2.19 bits per heavy atom. The van der Waals surface area contributed by atoms with Crippen LogP contribution in [0.25, 0.3) is 0 Å². The van der Waals surface area contributed by atoms with Gasteiger partial charge >= 0.3 is 0 Å². The molecular formula is C12H12F2OS. The lowest BCUT2D eigenvalue weighted by atomic mass is 9.94. The van der Waals surface area contributed by atoms with Crippen molar-refractivity contribution >= 4 is 17.5 Å². The number of thioether (sulfide) groups is 1. The SMILES string of the molecule is CC1(C(=O)c2cccc(F)c2F)CCCS1. The minimum absolute atomic E-state index is 0.128. The fourth-order valence-electron chi connectivity index (χ4n) is 1.92. The predicted molar refractivity (Wildman–Crippen MR) is 60.8 cm³/mol. The summed E-state index contributed by atoms with van der Waals surface area (Å²) < 4.78 is 25.9. The van der Waals surface area contributed by atoms with Gasteiger partial charge in [0.05, 0.1) is 10.3 Å². The molecule has 1 heterocycles. The van der Waals surface area contributed by atoms with E-state index in [9.17, 15) is 13.6 Å². The number of hydrogen-bond acceptors (Lipinski definition) is 2. The standard InChI is InChI=1S/C12H12F2OS/c1-12(6-3-7-16-12)11(15)8-4-2-5-9(13)10(8)14/h2,4-5H,3,6-7H2,1H3. The van der Waals surface area contributed by atoms with Gasteiger partial charge in [0.1, 0.15) is 0 Å². The van der Waals surface area contributed by atoms with Gasteiger partial charge in [-0.1, -0.05) is 6.07 Å². The van der Waals surface area contributed by atoms with E-state index in [2.05, 4.69) is 0 Å². The molecule has 1 aromatic rings. The van der Waals surface area contributed by atoms with Crippen molar-refractivity contribution in [2.24, 2.45) is 0 Å². The fraction of sp³-hybridized carbons (Fsp3) is 0.417. The first kappa shape index (κ1) is 11.6. The Hall–Kier alpha value is -0.900. The smallest absolute Gasteiger partial charge is 0.181 e. The van der Waals surface area contributed by atoms with E-state index in [0.29, 0.717) is 0 Å². The van der Waals surface area contributed by atoms with E-state index < -0.39 is 16.4 Å². The molecule has 1 fully saturated rings. The van der Waals surface area contributed by atoms with Crippen LogP contribution in [0.15, 0.2) is 18.2 Å². The Kier molecular flexibility index (Phi) is 3.02. The average Bonchev–Trinajstić information content (AvgIpc) is 2.70. The minimum Gasteiger partial charge on any atom is -0.292 e. The van der Waals surface area contributed by atoms with Crippen molar-refractivity contribution in [3.05, 3.63) is 35.4 Å². The Balaban J connectivity index is 2.37. The summed E-state index contributed by atoms with van der Waals surface area (Å²) in [7, 11) is 0. The van der Waals surface area contributed by atoms with E-state index in [-0.39, 0.29) is 11.3 Å². The highest BCUT2D eigenvalue weighted by Gasteiger charge is 2.39. The molecule has 0 aromatic heterocycles. The summed E-state index contributed by atoms with van der Waals surface area (Å²) in [4.78, 5) is 12.1. The zero-order valence-electron chi connectivity index (χ0n) is 8.93. The van der Waals surface area contributed by atoms with E-state index in [1.165, 1.54) is 23.9 Å². The van der Waals surface area contributed by atoms with Crippen LogP contribution in [0, 0.1) is 11.6 Å². The van der Waals surface area contributed by atoms with Gasteiger partial charge in [-0.05, 0) is 37.7 Å². The van der Waals surface area contributed by atoms with E-state index in [1.807, 2.05) is 0 Å². The second-order valence-electron chi connectivity index (χ2n) is 4.11. The molecule has 1 aliphatic rings. The zero-order valence-corrected chi connectivity index (χ0v) is 9.74. The van der Waals surface area contributed by atoms with Gasteiger partial charge in [0, 0.05) is 0 Å². The molecule has 0 aliphatic carbocycles. The van der Waals surface area contributed by atoms with Crippen LogP contribution in [0.5, 0.6) is 0 Å². The molecular weight excluding hydrogens is 230 g/mol. The zero-order chi connectivity index (χ0) is 11.8. The average molecular weight is 242 g/mol. The normalized spacial score (nSPS) is 24.7. The lowest BCUT2D eigenvalue weighted by molar-refractivity contribution is 0.0944. The molecule has 1 saturated heterocycles. The number of benzene rings is 1. The van der Waals surface area contributed by atoms with Crippen LogP contribution in [0.2, 0.25) is 0 Å². The lowest BCUT2D eigenvalue weighted by Crippen LogP contribution is -2.29. The summed E-state index contributed by atoms with van der Waals surface area (Å²) in [5.41, 5.74) is -0.128. The fourth-order valence-corrected chi connectivity index (χ4v) is 3.19. The molecule has 0 saturated carbocycles. The van der Waals surface area contributed by atoms with Gasteiger partial charge in [0.25, 0.3) is 0 Å². The maximum absolute atomic E-state index is 13.5. The van der Waals surface area contributed by atoms with E-state index in [1.54, 1.807) is 6.92 Å².